The molecule has 17 heteroatoms. The molecule has 5 amide bonds. The molecule has 2 aliphatic rings. The molecule has 1 saturated heterocycles. The van der Waals surface area contributed by atoms with Gasteiger partial charge in [0.1, 0.15) is 29.5 Å². The molecule has 1 unspecified atom stereocenters. The Bertz CT molecular complexity index is 1390. The van der Waals surface area contributed by atoms with Crippen LogP contribution in [-0.2, 0) is 23.9 Å². The number of hydrogen-bond acceptors (Lipinski definition) is 9. The van der Waals surface area contributed by atoms with E-state index in [0.717, 1.165) is 18.8 Å². The predicted octanol–water partition coefficient (Wildman–Crippen LogP) is 0.301. The highest BCUT2D eigenvalue weighted by Crippen LogP contribution is 2.33. The summed E-state index contributed by atoms with van der Waals surface area (Å²) in [5, 5.41) is 16.7. The number of carbonyl (C=O) groups is 6. The van der Waals surface area contributed by atoms with E-state index in [2.05, 4.69) is 27.9 Å². The number of amides is 5. The van der Waals surface area contributed by atoms with Gasteiger partial charge in [-0.1, -0.05) is 13.0 Å². The van der Waals surface area contributed by atoms with Crippen molar-refractivity contribution in [3.05, 3.63) is 29.3 Å². The molecule has 0 radical (unpaired) electrons. The summed E-state index contributed by atoms with van der Waals surface area (Å²) in [4.78, 5) is 76.9. The van der Waals surface area contributed by atoms with Gasteiger partial charge in [-0.3, -0.25) is 24.2 Å². The summed E-state index contributed by atoms with van der Waals surface area (Å²) in [5.41, 5.74) is 16.6. The van der Waals surface area contributed by atoms with E-state index in [1.807, 2.05) is 6.07 Å². The molecule has 3 rings (SSSR count). The molecule has 1 aromatic rings. The van der Waals surface area contributed by atoms with Gasteiger partial charge in [0.25, 0.3) is 0 Å². The Labute approximate surface area is 285 Å². The molecule has 0 aromatic heterocycles. The lowest BCUT2D eigenvalue weighted by molar-refractivity contribution is -0.144. The van der Waals surface area contributed by atoms with E-state index in [4.69, 9.17) is 26.7 Å². The molecule has 0 spiro atoms. The quantitative estimate of drug-likeness (QED) is 0.0890. The van der Waals surface area contributed by atoms with Crippen molar-refractivity contribution in [3.63, 3.8) is 0 Å². The first kappa shape index (κ1) is 40.1. The van der Waals surface area contributed by atoms with Crippen molar-refractivity contribution in [1.82, 2.24) is 20.9 Å². The van der Waals surface area contributed by atoms with Gasteiger partial charge in [-0.05, 0) is 83.4 Å². The SMILES string of the molecule is CC1CCOc2cc(C(N)=O)ccc21.C[C@H](NC(=O)OC(C)(C)C)C(=O)NCC(=O)N1CCC[C@H]1C(=O)N[C@@H](CCCN=C(N)N)C(=O)O. The number of guanidine groups is 1. The number of fused-ring (bicyclic) bond motifs is 1. The molecule has 272 valence electrons. The Hall–Kier alpha value is -5.09. The molecule has 1 fully saturated rings. The number of benzene rings is 1. The topological polar surface area (TPSA) is 271 Å². The molecule has 2 aliphatic heterocycles. The monoisotopic (exact) mass is 690 g/mol. The van der Waals surface area contributed by atoms with Crippen LogP contribution in [0.25, 0.3) is 0 Å². The summed E-state index contributed by atoms with van der Waals surface area (Å²) >= 11 is 0. The first-order valence-electron chi connectivity index (χ1n) is 16.1. The van der Waals surface area contributed by atoms with Gasteiger partial charge in [0.15, 0.2) is 5.96 Å². The summed E-state index contributed by atoms with van der Waals surface area (Å²) in [7, 11) is 0. The summed E-state index contributed by atoms with van der Waals surface area (Å²) in [6.07, 6.45) is 1.62. The third-order valence-electron chi connectivity index (χ3n) is 7.61. The minimum absolute atomic E-state index is 0.108. The van der Waals surface area contributed by atoms with Crippen molar-refractivity contribution in [2.75, 3.05) is 26.2 Å². The minimum atomic E-state index is -1.21. The lowest BCUT2D eigenvalue weighted by Crippen LogP contribution is -2.53. The van der Waals surface area contributed by atoms with Crippen LogP contribution in [0.3, 0.4) is 0 Å². The van der Waals surface area contributed by atoms with Crippen LogP contribution in [0, 0.1) is 0 Å². The molecular formula is C32H50N8O9. The smallest absolute Gasteiger partial charge is 0.408 e. The standard InChI is InChI=1S/C21H37N7O7.C11H13NO2/c1-12(26-20(34)35-21(2,3)4)16(30)25-11-15(29)28-10-6-8-14(28)17(31)27-13(18(32)33)7-5-9-24-19(22)23;1-7-4-5-14-10-6-8(11(12)13)2-3-9(7)10/h12-14H,5-11H2,1-4H3,(H,25,30)(H,26,34)(H,27,31)(H,32,33)(H4,22,23,24);2-3,6-7H,4-5H2,1H3,(H2,12,13)/t12-,13-,14-;/m0./s1. The van der Waals surface area contributed by atoms with E-state index in [1.54, 1.807) is 32.9 Å². The number of primary amides is 1. The van der Waals surface area contributed by atoms with Crippen molar-refractivity contribution in [1.29, 1.82) is 0 Å². The van der Waals surface area contributed by atoms with Crippen molar-refractivity contribution < 1.29 is 43.3 Å². The number of carboxylic acid groups (broad SMARTS) is 1. The Kier molecular flexibility index (Phi) is 15.1. The lowest BCUT2D eigenvalue weighted by Gasteiger charge is -2.26. The van der Waals surface area contributed by atoms with Crippen LogP contribution in [0.5, 0.6) is 5.75 Å². The van der Waals surface area contributed by atoms with Crippen molar-refractivity contribution >= 4 is 41.7 Å². The molecule has 2 heterocycles. The highest BCUT2D eigenvalue weighted by Gasteiger charge is 2.36. The van der Waals surface area contributed by atoms with Crippen LogP contribution in [0.1, 0.15) is 88.6 Å². The molecule has 49 heavy (non-hydrogen) atoms. The van der Waals surface area contributed by atoms with Crippen molar-refractivity contribution in [3.8, 4) is 5.75 Å². The number of nitrogens with two attached hydrogens (primary N) is 3. The van der Waals surface area contributed by atoms with Crippen LogP contribution < -0.4 is 37.9 Å². The van der Waals surface area contributed by atoms with Gasteiger partial charge in [0.05, 0.1) is 13.2 Å². The average Bonchev–Trinajstić information content (AvgIpc) is 3.50. The van der Waals surface area contributed by atoms with Crippen molar-refractivity contribution in [2.24, 2.45) is 22.2 Å². The predicted molar refractivity (Wildman–Crippen MR) is 180 cm³/mol. The van der Waals surface area contributed by atoms with Crippen LogP contribution in [0.15, 0.2) is 23.2 Å². The number of aliphatic carboxylic acids is 1. The fourth-order valence-corrected chi connectivity index (χ4v) is 5.05. The third-order valence-corrected chi connectivity index (χ3v) is 7.61. The number of aliphatic imine (C=N–C) groups is 1. The second-order valence-electron chi connectivity index (χ2n) is 12.8. The molecule has 10 N–H and O–H groups in total. The zero-order valence-corrected chi connectivity index (χ0v) is 28.7. The maximum absolute atomic E-state index is 12.7. The highest BCUT2D eigenvalue weighted by atomic mass is 16.6. The van der Waals surface area contributed by atoms with Crippen LogP contribution in [-0.4, -0.2) is 102 Å². The van der Waals surface area contributed by atoms with E-state index >= 15 is 0 Å². The number of hydrogen-bond donors (Lipinski definition) is 7. The van der Waals surface area contributed by atoms with Crippen molar-refractivity contribution in [2.45, 2.75) is 96.4 Å². The zero-order chi connectivity index (χ0) is 36.9. The average molecular weight is 691 g/mol. The Morgan fingerprint density at radius 1 is 1.10 bits per heavy atom. The maximum Gasteiger partial charge on any atom is 0.408 e. The van der Waals surface area contributed by atoms with E-state index in [-0.39, 0.29) is 25.5 Å². The van der Waals surface area contributed by atoms with Gasteiger partial charge in [0, 0.05) is 18.7 Å². The molecule has 4 atom stereocenters. The molecule has 0 bridgehead atoms. The largest absolute Gasteiger partial charge is 0.493 e. The second kappa shape index (κ2) is 18.5. The summed E-state index contributed by atoms with van der Waals surface area (Å²) in [6.45, 7) is 9.50. The number of likely N-dealkylation sites (tertiary alicyclic amines) is 1. The molecule has 17 nitrogen and oxygen atoms in total. The number of carbonyl (C=O) groups excluding carboxylic acids is 5. The highest BCUT2D eigenvalue weighted by molar-refractivity contribution is 5.94. The fourth-order valence-electron chi connectivity index (χ4n) is 5.05. The summed E-state index contributed by atoms with van der Waals surface area (Å²) in [6, 6.07) is 2.45. The Morgan fingerprint density at radius 2 is 1.80 bits per heavy atom. The van der Waals surface area contributed by atoms with Gasteiger partial charge in [-0.2, -0.15) is 0 Å². The normalized spacial score (nSPS) is 17.8. The van der Waals surface area contributed by atoms with Crippen LogP contribution in [0.4, 0.5) is 4.79 Å². The molecule has 1 aromatic carbocycles. The second-order valence-corrected chi connectivity index (χ2v) is 12.8. The number of nitrogens with zero attached hydrogens (tertiary/aromatic N) is 2. The first-order valence-corrected chi connectivity index (χ1v) is 16.1. The van der Waals surface area contributed by atoms with E-state index in [1.165, 1.54) is 17.4 Å². The fraction of sp³-hybridized carbons (Fsp3) is 0.594. The number of ether oxygens (including phenoxy) is 2. The van der Waals surface area contributed by atoms with Gasteiger partial charge in [-0.15, -0.1) is 0 Å². The summed E-state index contributed by atoms with van der Waals surface area (Å²) in [5.74, 6) is -2.11. The number of alkyl carbamates (subject to hydrolysis) is 1. The minimum Gasteiger partial charge on any atom is -0.493 e. The van der Waals surface area contributed by atoms with E-state index in [0.29, 0.717) is 37.3 Å². The molecular weight excluding hydrogens is 640 g/mol. The number of carboxylic acids is 1. The van der Waals surface area contributed by atoms with Crippen LogP contribution >= 0.6 is 0 Å². The zero-order valence-electron chi connectivity index (χ0n) is 28.7. The number of nitrogens with one attached hydrogen (secondary N) is 3. The molecule has 0 aliphatic carbocycles. The number of rotatable bonds is 12. The molecule has 0 saturated carbocycles. The van der Waals surface area contributed by atoms with Gasteiger partial charge in [-0.25, -0.2) is 9.59 Å². The van der Waals surface area contributed by atoms with Gasteiger partial charge in [0.2, 0.25) is 23.6 Å². The Balaban J connectivity index is 0.000000488. The summed E-state index contributed by atoms with van der Waals surface area (Å²) < 4.78 is 10.6. The Morgan fingerprint density at radius 3 is 2.41 bits per heavy atom. The van der Waals surface area contributed by atoms with E-state index < -0.39 is 59.4 Å². The third kappa shape index (κ3) is 13.5. The lowest BCUT2D eigenvalue weighted by atomic mass is 9.94. The first-order chi connectivity index (χ1) is 22.9. The van der Waals surface area contributed by atoms with Gasteiger partial charge >= 0.3 is 12.1 Å². The van der Waals surface area contributed by atoms with Crippen LogP contribution in [0.2, 0.25) is 0 Å². The maximum atomic E-state index is 12.7. The van der Waals surface area contributed by atoms with E-state index in [9.17, 15) is 33.9 Å². The van der Waals surface area contributed by atoms with Gasteiger partial charge < -0.3 is 52.6 Å².